The molecule has 0 saturated carbocycles. The number of fused-ring (bicyclic) bond motifs is 4. The van der Waals surface area contributed by atoms with Gasteiger partial charge in [0.05, 0.1) is 71.7 Å². The lowest BCUT2D eigenvalue weighted by molar-refractivity contribution is -0.138. The second kappa shape index (κ2) is 25.7. The summed E-state index contributed by atoms with van der Waals surface area (Å²) >= 11 is 12.4. The Bertz CT molecular complexity index is 3860. The van der Waals surface area contributed by atoms with Gasteiger partial charge in [0.1, 0.15) is 59.4 Å². The van der Waals surface area contributed by atoms with E-state index in [4.69, 9.17) is 68.0 Å². The van der Waals surface area contributed by atoms with Crippen molar-refractivity contribution in [3.8, 4) is 34.9 Å². The molecule has 2 fully saturated rings. The van der Waals surface area contributed by atoms with Crippen molar-refractivity contribution in [3.63, 3.8) is 0 Å². The Morgan fingerprint density at radius 1 is 0.702 bits per heavy atom. The van der Waals surface area contributed by atoms with Crippen LogP contribution in [0.1, 0.15) is 34.6 Å². The number of halogens is 2. The average molecular weight is 1220 g/mol. The number of carbonyl (C=O) groups is 4. The van der Waals surface area contributed by atoms with Gasteiger partial charge in [-0.15, -0.1) is 0 Å². The molecule has 3 N–H and O–H groups in total. The van der Waals surface area contributed by atoms with Gasteiger partial charge in [0, 0.05) is 95.9 Å². The van der Waals surface area contributed by atoms with Crippen molar-refractivity contribution in [2.45, 2.75) is 97.3 Å². The number of aromatic amines is 1. The van der Waals surface area contributed by atoms with E-state index in [1.165, 1.54) is 0 Å². The van der Waals surface area contributed by atoms with Crippen molar-refractivity contribution in [2.24, 2.45) is 11.8 Å². The number of nitriles is 2. The minimum atomic E-state index is -1.29. The fourth-order valence-electron chi connectivity index (χ4n) is 9.52. The molecule has 2 atom stereocenters. The van der Waals surface area contributed by atoms with Crippen LogP contribution >= 0.6 is 23.2 Å². The van der Waals surface area contributed by atoms with E-state index in [1.54, 1.807) is 82.9 Å². The quantitative estimate of drug-likeness (QED) is 0.0451. The van der Waals surface area contributed by atoms with Crippen LogP contribution in [0.4, 0.5) is 0 Å². The minimum Gasteiger partial charge on any atom is -0.383 e. The molecule has 23 nitrogen and oxygen atoms in total. The fourth-order valence-corrected chi connectivity index (χ4v) is 11.4. The van der Waals surface area contributed by atoms with Crippen LogP contribution in [0.2, 0.25) is 61.4 Å². The molecule has 84 heavy (non-hydrogen) atoms. The second-order valence-electron chi connectivity index (χ2n) is 23.6. The highest BCUT2D eigenvalue weighted by Gasteiger charge is 2.36. The van der Waals surface area contributed by atoms with Crippen molar-refractivity contribution in [1.82, 2.24) is 69.5 Å². The van der Waals surface area contributed by atoms with Gasteiger partial charge in [-0.05, 0) is 62.3 Å². The van der Waals surface area contributed by atoms with Gasteiger partial charge in [-0.25, -0.2) is 19.9 Å². The molecule has 0 bridgehead atoms. The summed E-state index contributed by atoms with van der Waals surface area (Å²) in [7, 11) is -0.926. The smallest absolute Gasteiger partial charge is 0.255 e. The number of carbonyl (C=O) groups excluding carboxylic acids is 4. The molecule has 2 aromatic carbocycles. The van der Waals surface area contributed by atoms with Gasteiger partial charge >= 0.3 is 0 Å². The molecular weight excluding hydrogens is 1150 g/mol. The standard InChI is InChI=1S/C30H37ClN8O4Si.C27H31ClN8O3Si/c1-19(30(41)37-15-20(13-32)16-37)34-29(40)23-17-38(18-43-10-11-44(3,4)5)28-27(23)35-24(14-33-28)26-22-7-6-21(31)12-25(22)39(36-26)8-9-42-2;1-16(27(38)35-12-17(10-29)13-35)31-26(37)20-14-36(15-39-7-8-40(2,3)4)25-24(20)32-22(11-30-25)23-19-6-5-18(28)9-21(19)33-34-23/h6-7,12,14,17,19-20H,8-11,15-16,18H2,1-5H3,(H,34,40);5-6,9,11,14,16-17H,7-8,12-13,15H2,1-4H3,(H,31,37)(H,33,34)/t19-;16-/m11/s1. The number of nitrogens with one attached hydrogen (secondary N) is 3. The molecule has 10 rings (SSSR count). The summed E-state index contributed by atoms with van der Waals surface area (Å²) < 4.78 is 22.5. The third-order valence-electron chi connectivity index (χ3n) is 14.5. The number of H-pyrrole nitrogens is 1. The van der Waals surface area contributed by atoms with Crippen LogP contribution in [0.3, 0.4) is 0 Å². The molecule has 0 radical (unpaired) electrons. The number of methoxy groups -OCH3 is 1. The molecule has 0 aliphatic carbocycles. The predicted molar refractivity (Wildman–Crippen MR) is 324 cm³/mol. The number of rotatable bonds is 21. The first kappa shape index (κ1) is 60.9. The highest BCUT2D eigenvalue weighted by Crippen LogP contribution is 2.32. The monoisotopic (exact) mass is 1210 g/mol. The SMILES string of the molecule is COCCn1nc(-c2cnc3c(n2)c(C(=O)N[C@H](C)C(=O)N2CC(C#N)C2)cn3COCC[Si](C)(C)C)c2ccc(Cl)cc21.C[C@@H](NC(=O)c1cn(COCC[Si](C)(C)C)c2ncc(-c3n[nH]c4cc(Cl)ccc34)nc12)C(=O)N1CC(C#N)C1. The zero-order chi connectivity index (χ0) is 60.2. The van der Waals surface area contributed by atoms with Gasteiger partial charge in [0.25, 0.3) is 11.8 Å². The zero-order valence-electron chi connectivity index (χ0n) is 48.5. The first-order chi connectivity index (χ1) is 40.0. The van der Waals surface area contributed by atoms with Crippen LogP contribution in [-0.2, 0) is 43.8 Å². The molecule has 0 unspecified atom stereocenters. The van der Waals surface area contributed by atoms with E-state index in [9.17, 15) is 19.2 Å². The Labute approximate surface area is 497 Å². The number of aromatic nitrogens is 10. The lowest BCUT2D eigenvalue weighted by atomic mass is 10.0. The van der Waals surface area contributed by atoms with Crippen LogP contribution in [0.25, 0.3) is 66.9 Å². The Morgan fingerprint density at radius 2 is 1.18 bits per heavy atom. The Balaban J connectivity index is 0.000000202. The first-order valence-corrected chi connectivity index (χ1v) is 35.8. The highest BCUT2D eigenvalue weighted by molar-refractivity contribution is 6.76. The fraction of sp³-hybridized carbons (Fsp3) is 0.439. The van der Waals surface area contributed by atoms with Gasteiger partial charge in [-0.3, -0.25) is 29.0 Å². The molecule has 2 saturated heterocycles. The highest BCUT2D eigenvalue weighted by atomic mass is 35.5. The predicted octanol–water partition coefficient (Wildman–Crippen LogP) is 8.20. The van der Waals surface area contributed by atoms with Gasteiger partial charge in [0.2, 0.25) is 11.8 Å². The number of hydrogen-bond acceptors (Lipinski definition) is 15. The summed E-state index contributed by atoms with van der Waals surface area (Å²) in [6.45, 7) is 21.1. The normalized spacial score (nSPS) is 14.6. The van der Waals surface area contributed by atoms with Gasteiger partial charge in [-0.2, -0.15) is 20.7 Å². The number of likely N-dealkylation sites (tertiary alicyclic amines) is 2. The maximum absolute atomic E-state index is 13.6. The van der Waals surface area contributed by atoms with Crippen molar-refractivity contribution in [1.29, 1.82) is 10.5 Å². The summed E-state index contributed by atoms with van der Waals surface area (Å²) in [5, 5.41) is 38.7. The average Bonchev–Trinajstić information content (AvgIpc) is 2.00. The zero-order valence-corrected chi connectivity index (χ0v) is 52.0. The van der Waals surface area contributed by atoms with Gasteiger partial charge < -0.3 is 43.8 Å². The lowest BCUT2D eigenvalue weighted by Crippen LogP contribution is -2.55. The van der Waals surface area contributed by atoms with Crippen LogP contribution < -0.4 is 10.6 Å². The Morgan fingerprint density at radius 3 is 1.65 bits per heavy atom. The third kappa shape index (κ3) is 14.0. The number of nitrogens with zero attached hydrogens (tertiary/aromatic N) is 13. The van der Waals surface area contributed by atoms with Gasteiger partial charge in [-0.1, -0.05) is 62.5 Å². The van der Waals surface area contributed by atoms with E-state index >= 15 is 0 Å². The summed E-state index contributed by atoms with van der Waals surface area (Å²) in [5.41, 5.74) is 6.01. The van der Waals surface area contributed by atoms with E-state index in [0.717, 1.165) is 33.9 Å². The first-order valence-electron chi connectivity index (χ1n) is 27.7. The number of benzene rings is 2. The Kier molecular flexibility index (Phi) is 18.6. The lowest BCUT2D eigenvalue weighted by Gasteiger charge is -2.37. The molecule has 8 heterocycles. The van der Waals surface area contributed by atoms with Crippen LogP contribution in [0.15, 0.2) is 61.2 Å². The van der Waals surface area contributed by atoms with Crippen molar-refractivity contribution < 1.29 is 33.4 Å². The largest absolute Gasteiger partial charge is 0.383 e. The second-order valence-corrected chi connectivity index (χ2v) is 35.7. The maximum atomic E-state index is 13.6. The molecule has 6 aromatic heterocycles. The van der Waals surface area contributed by atoms with Crippen LogP contribution in [0.5, 0.6) is 0 Å². The van der Waals surface area contributed by atoms with E-state index in [2.05, 4.69) is 77.2 Å². The number of amides is 4. The van der Waals surface area contributed by atoms with Crippen LogP contribution in [0, 0.1) is 34.5 Å². The van der Waals surface area contributed by atoms with Gasteiger partial charge in [0.15, 0.2) is 11.3 Å². The van der Waals surface area contributed by atoms with Crippen molar-refractivity contribution >= 4 is 107 Å². The third-order valence-corrected chi connectivity index (χ3v) is 18.4. The summed E-state index contributed by atoms with van der Waals surface area (Å²) in [6.07, 6.45) is 6.59. The van der Waals surface area contributed by atoms with Crippen molar-refractivity contribution in [2.75, 3.05) is 53.1 Å². The summed E-state index contributed by atoms with van der Waals surface area (Å²) in [4.78, 5) is 74.9. The molecule has 440 valence electrons. The Hall–Kier alpha value is -7.63. The minimum absolute atomic E-state index is 0.159. The van der Waals surface area contributed by atoms with Crippen molar-refractivity contribution in [3.05, 3.63) is 82.4 Å². The molecular formula is C57H68Cl2N16O7Si2. The maximum Gasteiger partial charge on any atom is 0.255 e. The molecule has 0 spiro atoms. The van der Waals surface area contributed by atoms with E-state index < -0.39 is 40.0 Å². The number of ether oxygens (including phenoxy) is 3. The van der Waals surface area contributed by atoms with E-state index in [-0.39, 0.29) is 48.2 Å². The topological polar surface area (TPSA) is 282 Å². The molecule has 2 aliphatic heterocycles. The van der Waals surface area contributed by atoms with E-state index in [1.807, 2.05) is 22.9 Å². The number of hydrogen-bond donors (Lipinski definition) is 3. The summed E-state index contributed by atoms with van der Waals surface area (Å²) in [5.74, 6) is -1.70. The molecule has 27 heteroatoms. The van der Waals surface area contributed by atoms with Crippen LogP contribution in [-0.4, -0.2) is 164 Å². The van der Waals surface area contributed by atoms with E-state index in [0.29, 0.717) is 108 Å². The molecule has 2 aliphatic rings. The molecule has 4 amide bonds. The summed E-state index contributed by atoms with van der Waals surface area (Å²) in [6, 6.07) is 15.7. The molecule has 8 aromatic rings.